The molecule has 0 saturated carbocycles. The van der Waals surface area contributed by atoms with Crippen molar-refractivity contribution < 1.29 is 14.3 Å². The second-order valence-corrected chi connectivity index (χ2v) is 10.2. The molecule has 39 heavy (non-hydrogen) atoms. The molecule has 1 aliphatic rings. The van der Waals surface area contributed by atoms with Crippen LogP contribution in [0.4, 0.5) is 11.4 Å². The second kappa shape index (κ2) is 12.6. The normalized spacial score (nSPS) is 14.8. The number of carbonyl (C=O) groups is 2. The first-order chi connectivity index (χ1) is 18.8. The molecule has 9 heteroatoms. The molecule has 0 bridgehead atoms. The van der Waals surface area contributed by atoms with Crippen molar-refractivity contribution in [3.05, 3.63) is 111 Å². The largest absolute Gasteiger partial charge is 0.495 e. The Balaban J connectivity index is 1.66. The van der Waals surface area contributed by atoms with Gasteiger partial charge in [-0.2, -0.15) is 5.26 Å². The summed E-state index contributed by atoms with van der Waals surface area (Å²) in [6.45, 7) is 3.69. The van der Waals surface area contributed by atoms with E-state index in [0.717, 1.165) is 11.3 Å². The zero-order chi connectivity index (χ0) is 27.9. The Kier molecular flexibility index (Phi) is 8.97. The summed E-state index contributed by atoms with van der Waals surface area (Å²) in [6, 6.07) is 24.0. The predicted molar refractivity (Wildman–Crippen MR) is 157 cm³/mol. The molecule has 0 spiro atoms. The molecule has 0 radical (unpaired) electrons. The van der Waals surface area contributed by atoms with Crippen LogP contribution in [-0.2, 0) is 9.59 Å². The minimum Gasteiger partial charge on any atom is -0.495 e. The molecule has 4 rings (SSSR count). The Hall–Kier alpha value is -4.19. The lowest BCUT2D eigenvalue weighted by atomic mass is 9.82. The van der Waals surface area contributed by atoms with Crippen molar-refractivity contribution in [3.63, 3.8) is 0 Å². The molecule has 0 aromatic heterocycles. The van der Waals surface area contributed by atoms with Crippen LogP contribution in [0.3, 0.4) is 0 Å². The van der Waals surface area contributed by atoms with Gasteiger partial charge >= 0.3 is 0 Å². The fourth-order valence-electron chi connectivity index (χ4n) is 4.32. The van der Waals surface area contributed by atoms with Gasteiger partial charge in [-0.3, -0.25) is 9.59 Å². The van der Waals surface area contributed by atoms with E-state index >= 15 is 0 Å². The van der Waals surface area contributed by atoms with Crippen molar-refractivity contribution in [2.45, 2.75) is 19.8 Å². The van der Waals surface area contributed by atoms with Crippen LogP contribution in [0.5, 0.6) is 5.75 Å². The Morgan fingerprint density at radius 1 is 1.00 bits per heavy atom. The van der Waals surface area contributed by atoms with Gasteiger partial charge in [-0.1, -0.05) is 71.9 Å². The number of nitrogens with zero attached hydrogens (tertiary/aromatic N) is 1. The fourth-order valence-corrected chi connectivity index (χ4v) is 5.46. The van der Waals surface area contributed by atoms with Crippen LogP contribution in [0.2, 0.25) is 5.02 Å². The molecule has 0 fully saturated rings. The summed E-state index contributed by atoms with van der Waals surface area (Å²) in [5, 5.41) is 20.2. The van der Waals surface area contributed by atoms with E-state index in [9.17, 15) is 14.9 Å². The maximum absolute atomic E-state index is 13.7. The number of benzene rings is 3. The Bertz CT molecular complexity index is 1530. The van der Waals surface area contributed by atoms with E-state index in [1.807, 2.05) is 43.3 Å². The highest BCUT2D eigenvalue weighted by molar-refractivity contribution is 8.03. The summed E-state index contributed by atoms with van der Waals surface area (Å²) in [5.74, 6) is -0.789. The Morgan fingerprint density at radius 3 is 2.36 bits per heavy atom. The zero-order valence-electron chi connectivity index (χ0n) is 21.7. The third-order valence-corrected chi connectivity index (χ3v) is 7.59. The molecular formula is C30H27ClN4O3S. The molecule has 2 amide bonds. The number of amides is 2. The number of hydrogen-bond acceptors (Lipinski definition) is 6. The maximum atomic E-state index is 13.7. The van der Waals surface area contributed by atoms with E-state index in [2.05, 4.69) is 22.0 Å². The van der Waals surface area contributed by atoms with Gasteiger partial charge in [0.1, 0.15) is 5.75 Å². The number of allylic oxidation sites excluding steroid dienone is 2. The number of halogens is 1. The Labute approximate surface area is 236 Å². The van der Waals surface area contributed by atoms with Crippen molar-refractivity contribution in [1.29, 1.82) is 5.26 Å². The molecule has 3 aromatic rings. The number of methoxy groups -OCH3 is 1. The van der Waals surface area contributed by atoms with Crippen molar-refractivity contribution in [3.8, 4) is 11.8 Å². The average Bonchev–Trinajstić information content (AvgIpc) is 2.93. The molecule has 0 unspecified atom stereocenters. The number of aryl methyl sites for hydroxylation is 1. The van der Waals surface area contributed by atoms with Crippen LogP contribution in [0, 0.1) is 18.3 Å². The van der Waals surface area contributed by atoms with Crippen molar-refractivity contribution in [2.75, 3.05) is 23.5 Å². The van der Waals surface area contributed by atoms with Gasteiger partial charge in [0.05, 0.1) is 41.1 Å². The number of nitriles is 1. The van der Waals surface area contributed by atoms with Gasteiger partial charge in [-0.05, 0) is 49.2 Å². The molecule has 1 heterocycles. The topological polar surface area (TPSA) is 103 Å². The van der Waals surface area contributed by atoms with E-state index in [-0.39, 0.29) is 11.7 Å². The molecule has 198 valence electrons. The first-order valence-corrected chi connectivity index (χ1v) is 13.5. The second-order valence-electron chi connectivity index (χ2n) is 8.78. The number of dihydropyridines is 1. The van der Waals surface area contributed by atoms with E-state index in [1.165, 1.54) is 18.9 Å². The van der Waals surface area contributed by atoms with Crippen LogP contribution in [0.15, 0.2) is 94.7 Å². The van der Waals surface area contributed by atoms with Crippen LogP contribution in [0.25, 0.3) is 0 Å². The summed E-state index contributed by atoms with van der Waals surface area (Å²) >= 11 is 7.79. The van der Waals surface area contributed by atoms with E-state index in [0.29, 0.717) is 43.9 Å². The van der Waals surface area contributed by atoms with Crippen molar-refractivity contribution in [1.82, 2.24) is 5.32 Å². The van der Waals surface area contributed by atoms with Gasteiger partial charge in [0.2, 0.25) is 5.91 Å². The van der Waals surface area contributed by atoms with Gasteiger partial charge in [-0.15, -0.1) is 0 Å². The monoisotopic (exact) mass is 558 g/mol. The maximum Gasteiger partial charge on any atom is 0.254 e. The van der Waals surface area contributed by atoms with Crippen molar-refractivity contribution in [2.24, 2.45) is 0 Å². The highest BCUT2D eigenvalue weighted by Crippen LogP contribution is 2.43. The van der Waals surface area contributed by atoms with Crippen LogP contribution >= 0.6 is 23.4 Å². The lowest BCUT2D eigenvalue weighted by Crippen LogP contribution is -2.31. The number of thioether (sulfide) groups is 1. The first kappa shape index (κ1) is 27.8. The summed E-state index contributed by atoms with van der Waals surface area (Å²) < 4.78 is 5.38. The highest BCUT2D eigenvalue weighted by atomic mass is 35.5. The number of anilines is 2. The fraction of sp³-hybridized carbons (Fsp3) is 0.167. The van der Waals surface area contributed by atoms with E-state index in [1.54, 1.807) is 43.3 Å². The van der Waals surface area contributed by atoms with E-state index < -0.39 is 11.8 Å². The van der Waals surface area contributed by atoms with Gasteiger partial charge in [-0.25, -0.2) is 0 Å². The number of ether oxygens (including phenoxy) is 1. The standard InChI is InChI=1S/C30H27ClN4O3S/c1-18-10-4-7-13-23(18)34-26(36)17-39-30-21(16-32)28(20-11-5-6-12-22(20)31)27(19(2)33-30)29(37)35-24-14-8-9-15-25(24)38-3/h4-15,28,33H,17H2,1-3H3,(H,34,36)(H,35,37)/t28-/m0/s1. The van der Waals surface area contributed by atoms with Crippen LogP contribution < -0.4 is 20.7 Å². The average molecular weight is 559 g/mol. The SMILES string of the molecule is COc1ccccc1NC(=O)C1=C(C)NC(SCC(=O)Nc2ccccc2C)=C(C#N)[C@@H]1c1ccccc1Cl. The third kappa shape index (κ3) is 6.28. The summed E-state index contributed by atoms with van der Waals surface area (Å²) in [5.41, 5.74) is 3.99. The molecule has 1 atom stereocenters. The summed E-state index contributed by atoms with van der Waals surface area (Å²) in [7, 11) is 1.53. The first-order valence-electron chi connectivity index (χ1n) is 12.1. The van der Waals surface area contributed by atoms with E-state index in [4.69, 9.17) is 16.3 Å². The summed E-state index contributed by atoms with van der Waals surface area (Å²) in [6.07, 6.45) is 0. The molecule has 7 nitrogen and oxygen atoms in total. The lowest BCUT2D eigenvalue weighted by Gasteiger charge is -2.30. The summed E-state index contributed by atoms with van der Waals surface area (Å²) in [4.78, 5) is 26.5. The molecule has 0 aliphatic carbocycles. The van der Waals surface area contributed by atoms with Crippen LogP contribution in [0.1, 0.15) is 24.0 Å². The number of hydrogen-bond donors (Lipinski definition) is 3. The van der Waals surface area contributed by atoms with Crippen LogP contribution in [-0.4, -0.2) is 24.7 Å². The number of nitrogens with one attached hydrogen (secondary N) is 3. The highest BCUT2D eigenvalue weighted by Gasteiger charge is 2.36. The zero-order valence-corrected chi connectivity index (χ0v) is 23.2. The van der Waals surface area contributed by atoms with Crippen molar-refractivity contribution >= 4 is 46.6 Å². The minimum absolute atomic E-state index is 0.0626. The number of para-hydroxylation sites is 3. The smallest absolute Gasteiger partial charge is 0.254 e. The molecule has 1 aliphatic heterocycles. The Morgan fingerprint density at radius 2 is 1.67 bits per heavy atom. The van der Waals surface area contributed by atoms with Gasteiger partial charge in [0.15, 0.2) is 0 Å². The van der Waals surface area contributed by atoms with Gasteiger partial charge in [0, 0.05) is 22.0 Å². The minimum atomic E-state index is -0.749. The third-order valence-electron chi connectivity index (χ3n) is 6.23. The quantitative estimate of drug-likeness (QED) is 0.297. The molecular weight excluding hydrogens is 532 g/mol. The number of carbonyl (C=O) groups excluding carboxylic acids is 2. The number of rotatable bonds is 8. The predicted octanol–water partition coefficient (Wildman–Crippen LogP) is 6.36. The lowest BCUT2D eigenvalue weighted by molar-refractivity contribution is -0.114. The van der Waals surface area contributed by atoms with Gasteiger partial charge in [0.25, 0.3) is 5.91 Å². The molecule has 3 N–H and O–H groups in total. The van der Waals surface area contributed by atoms with Gasteiger partial charge < -0.3 is 20.7 Å². The molecule has 3 aromatic carbocycles. The molecule has 0 saturated heterocycles.